The maximum Gasteiger partial charge on any atom is 0.232 e. The Hall–Kier alpha value is -0.460. The lowest BCUT2D eigenvalue weighted by Gasteiger charge is -2.32. The minimum Gasteiger partial charge on any atom is -0.340 e. The number of amides is 1. The predicted molar refractivity (Wildman–Crippen MR) is 104 cm³/mol. The number of thioether (sulfide) groups is 1. The van der Waals surface area contributed by atoms with Crippen LogP contribution in [0.1, 0.15) is 12.0 Å². The molecular weight excluding hydrogens is 365 g/mol. The van der Waals surface area contributed by atoms with Crippen molar-refractivity contribution in [3.05, 3.63) is 34.9 Å². The van der Waals surface area contributed by atoms with Crippen molar-refractivity contribution in [1.82, 2.24) is 15.1 Å². The molecule has 1 amide bonds. The van der Waals surface area contributed by atoms with Gasteiger partial charge in [0.2, 0.25) is 5.91 Å². The summed E-state index contributed by atoms with van der Waals surface area (Å²) in [4.78, 5) is 16.9. The van der Waals surface area contributed by atoms with Crippen LogP contribution in [0.15, 0.2) is 24.3 Å². The van der Waals surface area contributed by atoms with E-state index in [4.69, 9.17) is 11.6 Å². The van der Waals surface area contributed by atoms with Crippen molar-refractivity contribution in [2.75, 3.05) is 45.0 Å². The molecule has 1 aromatic rings. The lowest BCUT2D eigenvalue weighted by Crippen LogP contribution is -2.49. The first-order valence-corrected chi connectivity index (χ1v) is 9.80. The first-order valence-electron chi connectivity index (χ1n) is 8.27. The average molecular weight is 390 g/mol. The van der Waals surface area contributed by atoms with Gasteiger partial charge in [0, 0.05) is 56.1 Å². The molecule has 2 aliphatic heterocycles. The largest absolute Gasteiger partial charge is 0.340 e. The van der Waals surface area contributed by atoms with E-state index < -0.39 is 0 Å². The van der Waals surface area contributed by atoms with E-state index in [0.717, 1.165) is 56.5 Å². The van der Waals surface area contributed by atoms with E-state index in [2.05, 4.69) is 10.2 Å². The molecule has 2 heterocycles. The van der Waals surface area contributed by atoms with Crippen LogP contribution in [0.2, 0.25) is 5.02 Å². The third-order valence-electron chi connectivity index (χ3n) is 4.59. The van der Waals surface area contributed by atoms with Crippen molar-refractivity contribution in [2.24, 2.45) is 0 Å². The van der Waals surface area contributed by atoms with Crippen LogP contribution in [0, 0.1) is 0 Å². The maximum atomic E-state index is 12.4. The van der Waals surface area contributed by atoms with E-state index >= 15 is 0 Å². The molecule has 1 aromatic carbocycles. The fourth-order valence-corrected chi connectivity index (χ4v) is 4.26. The summed E-state index contributed by atoms with van der Waals surface area (Å²) < 4.78 is 0. The van der Waals surface area contributed by atoms with Gasteiger partial charge < -0.3 is 10.2 Å². The first-order chi connectivity index (χ1) is 11.2. The van der Waals surface area contributed by atoms with Gasteiger partial charge in [0.25, 0.3) is 0 Å². The Labute approximate surface area is 159 Å². The number of rotatable bonds is 5. The van der Waals surface area contributed by atoms with E-state index in [1.807, 2.05) is 29.2 Å². The molecule has 4 nitrogen and oxygen atoms in total. The van der Waals surface area contributed by atoms with E-state index in [1.165, 1.54) is 5.56 Å². The smallest absolute Gasteiger partial charge is 0.232 e. The summed E-state index contributed by atoms with van der Waals surface area (Å²) >= 11 is 7.57. The monoisotopic (exact) mass is 389 g/mol. The quantitative estimate of drug-likeness (QED) is 0.838. The lowest BCUT2D eigenvalue weighted by molar-refractivity contribution is -0.127. The topological polar surface area (TPSA) is 35.6 Å². The Balaban J connectivity index is 0.00000208. The SMILES string of the molecule is Cl.O=C(CSCc1ccc(Cl)cc1)N1CCC(N2CCNCC2)C1. The third-order valence-corrected chi connectivity index (χ3v) is 5.83. The second-order valence-corrected chi connectivity index (χ2v) is 7.61. The highest BCUT2D eigenvalue weighted by Gasteiger charge is 2.30. The molecular formula is C17H25Cl2N3OS. The number of benzene rings is 1. The minimum atomic E-state index is 0. The highest BCUT2D eigenvalue weighted by Crippen LogP contribution is 2.19. The molecule has 1 atom stereocenters. The Morgan fingerprint density at radius 3 is 2.62 bits per heavy atom. The van der Waals surface area contributed by atoms with Crippen LogP contribution in [0.3, 0.4) is 0 Å². The zero-order chi connectivity index (χ0) is 16.1. The van der Waals surface area contributed by atoms with Gasteiger partial charge in [-0.25, -0.2) is 0 Å². The molecule has 2 fully saturated rings. The van der Waals surface area contributed by atoms with Gasteiger partial charge >= 0.3 is 0 Å². The fraction of sp³-hybridized carbons (Fsp3) is 0.588. The second-order valence-electron chi connectivity index (χ2n) is 6.19. The van der Waals surface area contributed by atoms with Gasteiger partial charge in [-0.1, -0.05) is 23.7 Å². The summed E-state index contributed by atoms with van der Waals surface area (Å²) in [6.07, 6.45) is 1.12. The molecule has 0 saturated carbocycles. The highest BCUT2D eigenvalue weighted by atomic mass is 35.5. The normalized spacial score (nSPS) is 21.5. The van der Waals surface area contributed by atoms with Crippen molar-refractivity contribution in [3.63, 3.8) is 0 Å². The van der Waals surface area contributed by atoms with Crippen LogP contribution in [-0.2, 0) is 10.5 Å². The summed E-state index contributed by atoms with van der Waals surface area (Å²) in [5.41, 5.74) is 1.22. The molecule has 2 aliphatic rings. The maximum absolute atomic E-state index is 12.4. The molecule has 24 heavy (non-hydrogen) atoms. The first kappa shape index (κ1) is 19.9. The summed E-state index contributed by atoms with van der Waals surface area (Å²) in [7, 11) is 0. The molecule has 134 valence electrons. The average Bonchev–Trinajstić information content (AvgIpc) is 3.07. The van der Waals surface area contributed by atoms with Gasteiger partial charge in [0.15, 0.2) is 0 Å². The zero-order valence-electron chi connectivity index (χ0n) is 13.7. The molecule has 0 aliphatic carbocycles. The van der Waals surface area contributed by atoms with Gasteiger partial charge in [-0.3, -0.25) is 9.69 Å². The molecule has 0 spiro atoms. The summed E-state index contributed by atoms with van der Waals surface area (Å²) in [5.74, 6) is 1.70. The summed E-state index contributed by atoms with van der Waals surface area (Å²) in [6.45, 7) is 6.17. The van der Waals surface area contributed by atoms with Crippen molar-refractivity contribution < 1.29 is 4.79 Å². The van der Waals surface area contributed by atoms with Gasteiger partial charge in [-0.05, 0) is 24.1 Å². The molecule has 3 rings (SSSR count). The number of halogens is 2. The Bertz CT molecular complexity index is 523. The zero-order valence-corrected chi connectivity index (χ0v) is 16.1. The van der Waals surface area contributed by atoms with Crippen LogP contribution in [0.4, 0.5) is 0 Å². The minimum absolute atomic E-state index is 0. The number of hydrogen-bond donors (Lipinski definition) is 1. The number of piperazine rings is 1. The standard InChI is InChI=1S/C17H24ClN3OS.ClH/c18-15-3-1-14(2-4-15)12-23-13-17(22)21-8-5-16(11-21)20-9-6-19-7-10-20;/h1-4,16,19H,5-13H2;1H. The van der Waals surface area contributed by atoms with Crippen molar-refractivity contribution in [2.45, 2.75) is 18.2 Å². The lowest BCUT2D eigenvalue weighted by atomic mass is 10.2. The van der Waals surface area contributed by atoms with Gasteiger partial charge in [0.1, 0.15) is 0 Å². The van der Waals surface area contributed by atoms with Gasteiger partial charge in [-0.2, -0.15) is 0 Å². The number of nitrogens with one attached hydrogen (secondary N) is 1. The molecule has 7 heteroatoms. The summed E-state index contributed by atoms with van der Waals surface area (Å²) in [5, 5.41) is 4.14. The van der Waals surface area contributed by atoms with Gasteiger partial charge in [-0.15, -0.1) is 24.2 Å². The fourth-order valence-electron chi connectivity index (χ4n) is 3.24. The van der Waals surface area contributed by atoms with Crippen LogP contribution >= 0.6 is 35.8 Å². The Morgan fingerprint density at radius 1 is 1.21 bits per heavy atom. The van der Waals surface area contributed by atoms with E-state index in [1.54, 1.807) is 11.8 Å². The van der Waals surface area contributed by atoms with Crippen LogP contribution < -0.4 is 5.32 Å². The van der Waals surface area contributed by atoms with Crippen molar-refractivity contribution >= 4 is 41.7 Å². The van der Waals surface area contributed by atoms with Crippen LogP contribution in [0.25, 0.3) is 0 Å². The third kappa shape index (κ3) is 5.53. The van der Waals surface area contributed by atoms with Crippen molar-refractivity contribution in [3.8, 4) is 0 Å². The van der Waals surface area contributed by atoms with E-state index in [-0.39, 0.29) is 18.3 Å². The number of hydrogen-bond acceptors (Lipinski definition) is 4. The van der Waals surface area contributed by atoms with Crippen molar-refractivity contribution in [1.29, 1.82) is 0 Å². The van der Waals surface area contributed by atoms with Gasteiger partial charge in [0.05, 0.1) is 5.75 Å². The highest BCUT2D eigenvalue weighted by molar-refractivity contribution is 7.99. The predicted octanol–water partition coefficient (Wildman–Crippen LogP) is 2.50. The number of carbonyl (C=O) groups excluding carboxylic acids is 1. The summed E-state index contributed by atoms with van der Waals surface area (Å²) in [6, 6.07) is 8.41. The van der Waals surface area contributed by atoms with E-state index in [0.29, 0.717) is 11.8 Å². The molecule has 0 bridgehead atoms. The number of carbonyl (C=O) groups is 1. The molecule has 1 unspecified atom stereocenters. The van der Waals surface area contributed by atoms with Crippen LogP contribution in [0.5, 0.6) is 0 Å². The second kappa shape index (κ2) is 9.88. The number of likely N-dealkylation sites (tertiary alicyclic amines) is 1. The molecule has 0 aromatic heterocycles. The molecule has 2 saturated heterocycles. The van der Waals surface area contributed by atoms with Crippen LogP contribution in [-0.4, -0.2) is 66.8 Å². The Morgan fingerprint density at radius 2 is 1.92 bits per heavy atom. The van der Waals surface area contributed by atoms with E-state index in [9.17, 15) is 4.79 Å². The Kier molecular flexibility index (Phi) is 8.17. The molecule has 1 N–H and O–H groups in total. The molecule has 0 radical (unpaired) electrons. The number of nitrogens with zero attached hydrogens (tertiary/aromatic N) is 2.